The Morgan fingerprint density at radius 2 is 2.35 bits per heavy atom. The van der Waals surface area contributed by atoms with Gasteiger partial charge < -0.3 is 14.6 Å². The molecule has 1 aliphatic heterocycles. The zero-order valence-electron chi connectivity index (χ0n) is 9.48. The molecule has 1 aliphatic rings. The maximum Gasteiger partial charge on any atom is 0.174 e. The van der Waals surface area contributed by atoms with Gasteiger partial charge in [-0.1, -0.05) is 17.3 Å². The van der Waals surface area contributed by atoms with Gasteiger partial charge >= 0.3 is 0 Å². The Morgan fingerprint density at radius 3 is 3.24 bits per heavy atom. The second-order valence-electron chi connectivity index (χ2n) is 4.09. The van der Waals surface area contributed by atoms with Crippen LogP contribution in [0.15, 0.2) is 35.0 Å². The molecule has 2 heterocycles. The molecule has 0 fully saturated rings. The first-order chi connectivity index (χ1) is 8.43. The molecule has 17 heavy (non-hydrogen) atoms. The number of hydrogen-bond acceptors (Lipinski definition) is 4. The lowest BCUT2D eigenvalue weighted by molar-refractivity contribution is 0.250. The summed E-state index contributed by atoms with van der Waals surface area (Å²) in [6, 6.07) is 7.96. The fraction of sp³-hybridized carbons (Fsp3) is 0.308. The maximum absolute atomic E-state index is 5.75. The minimum atomic E-state index is 0.415. The molecule has 0 saturated heterocycles. The van der Waals surface area contributed by atoms with Crippen molar-refractivity contribution < 1.29 is 9.26 Å². The Kier molecular flexibility index (Phi) is 2.69. The molecular formula is C13H14N2O2. The van der Waals surface area contributed by atoms with Crippen LogP contribution >= 0.6 is 0 Å². The van der Waals surface area contributed by atoms with Crippen molar-refractivity contribution in [3.63, 3.8) is 0 Å². The number of hydrogen-bond donors (Lipinski definition) is 1. The maximum atomic E-state index is 5.75. The lowest BCUT2D eigenvalue weighted by Gasteiger charge is -2.20. The van der Waals surface area contributed by atoms with Crippen molar-refractivity contribution in [2.45, 2.75) is 19.4 Å². The summed E-state index contributed by atoms with van der Waals surface area (Å²) in [4.78, 5) is 0. The highest BCUT2D eigenvalue weighted by molar-refractivity contribution is 5.63. The van der Waals surface area contributed by atoms with Gasteiger partial charge in [-0.2, -0.15) is 0 Å². The topological polar surface area (TPSA) is 47.3 Å². The van der Waals surface area contributed by atoms with E-state index in [2.05, 4.69) is 16.5 Å². The van der Waals surface area contributed by atoms with Gasteiger partial charge in [0.25, 0.3) is 0 Å². The summed E-state index contributed by atoms with van der Waals surface area (Å²) in [5.74, 6) is 1.62. The second kappa shape index (κ2) is 4.49. The number of anilines is 1. The molecule has 3 rings (SSSR count). The summed E-state index contributed by atoms with van der Waals surface area (Å²) in [6.45, 7) is 1.42. The molecule has 0 amide bonds. The van der Waals surface area contributed by atoms with E-state index in [1.807, 2.05) is 18.2 Å². The van der Waals surface area contributed by atoms with Crippen LogP contribution < -0.4 is 10.1 Å². The Bertz CT molecular complexity index is 494. The van der Waals surface area contributed by atoms with Gasteiger partial charge in [0.2, 0.25) is 0 Å². The molecule has 4 nitrogen and oxygen atoms in total. The lowest BCUT2D eigenvalue weighted by atomic mass is 10.0. The van der Waals surface area contributed by atoms with Gasteiger partial charge in [0.15, 0.2) is 5.76 Å². The zero-order valence-corrected chi connectivity index (χ0v) is 9.48. The van der Waals surface area contributed by atoms with Gasteiger partial charge in [-0.05, 0) is 24.5 Å². The van der Waals surface area contributed by atoms with E-state index in [1.165, 1.54) is 12.0 Å². The van der Waals surface area contributed by atoms with E-state index in [4.69, 9.17) is 9.26 Å². The van der Waals surface area contributed by atoms with Gasteiger partial charge in [0, 0.05) is 12.6 Å². The lowest BCUT2D eigenvalue weighted by Crippen LogP contribution is -2.13. The number of rotatable bonds is 3. The average molecular weight is 230 g/mol. The molecule has 1 aromatic carbocycles. The molecule has 88 valence electrons. The molecule has 0 radical (unpaired) electrons. The van der Waals surface area contributed by atoms with Gasteiger partial charge in [0.05, 0.1) is 11.9 Å². The van der Waals surface area contributed by atoms with Crippen LogP contribution in [-0.4, -0.2) is 11.7 Å². The fourth-order valence-corrected chi connectivity index (χ4v) is 2.06. The Hall–Kier alpha value is -1.97. The molecule has 1 aromatic heterocycles. The number of aromatic nitrogens is 1. The molecule has 0 atom stereocenters. The van der Waals surface area contributed by atoms with E-state index >= 15 is 0 Å². The van der Waals surface area contributed by atoms with Crippen molar-refractivity contribution >= 4 is 5.69 Å². The monoisotopic (exact) mass is 230 g/mol. The molecule has 4 heteroatoms. The quantitative estimate of drug-likeness (QED) is 0.880. The van der Waals surface area contributed by atoms with E-state index in [-0.39, 0.29) is 0 Å². The zero-order chi connectivity index (χ0) is 11.5. The number of nitrogens with zero attached hydrogens (tertiary/aromatic N) is 1. The molecular weight excluding hydrogens is 216 g/mol. The number of aryl methyl sites for hydroxylation is 1. The normalized spacial score (nSPS) is 13.9. The van der Waals surface area contributed by atoms with Crippen LogP contribution in [0.25, 0.3) is 0 Å². The molecule has 1 N–H and O–H groups in total. The molecule has 2 aromatic rings. The van der Waals surface area contributed by atoms with Crippen molar-refractivity contribution in [2.75, 3.05) is 11.9 Å². The predicted octanol–water partition coefficient (Wildman–Crippen LogP) is 2.61. The highest BCUT2D eigenvalue weighted by Crippen LogP contribution is 2.32. The summed E-state index contributed by atoms with van der Waals surface area (Å²) in [5.41, 5.74) is 2.45. The predicted molar refractivity (Wildman–Crippen MR) is 64.1 cm³/mol. The third-order valence-electron chi connectivity index (χ3n) is 2.90. The average Bonchev–Trinajstić information content (AvgIpc) is 2.89. The Morgan fingerprint density at radius 1 is 1.35 bits per heavy atom. The van der Waals surface area contributed by atoms with Gasteiger partial charge in [-0.25, -0.2) is 0 Å². The first kappa shape index (κ1) is 10.2. The Labute approximate surface area is 99.6 Å². The van der Waals surface area contributed by atoms with Crippen LogP contribution in [0.4, 0.5) is 5.69 Å². The van der Waals surface area contributed by atoms with Crippen molar-refractivity contribution in [1.29, 1.82) is 0 Å². The van der Waals surface area contributed by atoms with Crippen LogP contribution in [0.1, 0.15) is 17.7 Å². The van der Waals surface area contributed by atoms with Gasteiger partial charge in [0.1, 0.15) is 12.4 Å². The van der Waals surface area contributed by atoms with Crippen LogP contribution in [0.5, 0.6) is 5.75 Å². The summed E-state index contributed by atoms with van der Waals surface area (Å²) in [6.07, 6.45) is 3.91. The number of ether oxygens (including phenoxy) is 1. The van der Waals surface area contributed by atoms with E-state index in [0.717, 1.165) is 30.2 Å². The van der Waals surface area contributed by atoms with Crippen LogP contribution in [0.3, 0.4) is 0 Å². The first-order valence-electron chi connectivity index (χ1n) is 5.81. The summed E-state index contributed by atoms with van der Waals surface area (Å²) in [7, 11) is 0. The van der Waals surface area contributed by atoms with Crippen LogP contribution in [0.2, 0.25) is 0 Å². The van der Waals surface area contributed by atoms with E-state index in [1.54, 1.807) is 6.20 Å². The highest BCUT2D eigenvalue weighted by atomic mass is 16.5. The standard InChI is InChI=1S/C13H14N2O2/c1-3-10-4-2-7-14-13(10)12(5-1)16-9-11-6-8-15-17-11/h1,3,5-6,8,14H,2,4,7,9H2. The molecule has 0 unspecified atom stereocenters. The highest BCUT2D eigenvalue weighted by Gasteiger charge is 2.13. The number of fused-ring (bicyclic) bond motifs is 1. The number of para-hydroxylation sites is 1. The third kappa shape index (κ3) is 2.11. The number of benzene rings is 1. The minimum absolute atomic E-state index is 0.415. The van der Waals surface area contributed by atoms with Crippen LogP contribution in [-0.2, 0) is 13.0 Å². The van der Waals surface area contributed by atoms with Gasteiger partial charge in [-0.3, -0.25) is 0 Å². The molecule has 0 spiro atoms. The van der Waals surface area contributed by atoms with Crippen molar-refractivity contribution in [3.8, 4) is 5.75 Å². The molecule has 0 saturated carbocycles. The third-order valence-corrected chi connectivity index (χ3v) is 2.90. The summed E-state index contributed by atoms with van der Waals surface area (Å²) in [5, 5.41) is 7.04. The molecule has 0 bridgehead atoms. The summed E-state index contributed by atoms with van der Waals surface area (Å²) < 4.78 is 10.8. The van der Waals surface area contributed by atoms with Crippen molar-refractivity contribution in [2.24, 2.45) is 0 Å². The number of nitrogens with one attached hydrogen (secondary N) is 1. The van der Waals surface area contributed by atoms with E-state index < -0.39 is 0 Å². The van der Waals surface area contributed by atoms with Crippen LogP contribution in [0, 0.1) is 0 Å². The van der Waals surface area contributed by atoms with Gasteiger partial charge in [-0.15, -0.1) is 0 Å². The first-order valence-corrected chi connectivity index (χ1v) is 5.81. The smallest absolute Gasteiger partial charge is 0.174 e. The largest absolute Gasteiger partial charge is 0.483 e. The summed E-state index contributed by atoms with van der Waals surface area (Å²) >= 11 is 0. The SMILES string of the molecule is c1cc2c(c(OCc3ccno3)c1)NCCC2. The molecule has 0 aliphatic carbocycles. The van der Waals surface area contributed by atoms with Crippen molar-refractivity contribution in [3.05, 3.63) is 41.8 Å². The minimum Gasteiger partial charge on any atom is -0.483 e. The van der Waals surface area contributed by atoms with Crippen molar-refractivity contribution in [1.82, 2.24) is 5.16 Å². The van der Waals surface area contributed by atoms with E-state index in [9.17, 15) is 0 Å². The Balaban J connectivity index is 1.78. The fourth-order valence-electron chi connectivity index (χ4n) is 2.06. The second-order valence-corrected chi connectivity index (χ2v) is 4.09. The van der Waals surface area contributed by atoms with E-state index in [0.29, 0.717) is 6.61 Å².